The maximum absolute atomic E-state index is 12.1. The van der Waals surface area contributed by atoms with E-state index in [2.05, 4.69) is 26.0 Å². The normalized spacial score (nSPS) is 13.8. The summed E-state index contributed by atoms with van der Waals surface area (Å²) in [6, 6.07) is 15.6. The Labute approximate surface area is 141 Å². The van der Waals surface area contributed by atoms with E-state index in [-0.39, 0.29) is 5.78 Å². The molecule has 1 aliphatic rings. The Kier molecular flexibility index (Phi) is 3.27. The number of fused-ring (bicyclic) bond motifs is 3. The molecule has 0 saturated carbocycles. The SMILES string of the molecule is CC(=O)C1=NN(c2ccc(Br)cc2)Cc2nc3ccccc3n21. The molecular weight excluding hydrogens is 356 g/mol. The van der Waals surface area contributed by atoms with Gasteiger partial charge in [0.1, 0.15) is 12.4 Å². The molecule has 0 saturated heterocycles. The first kappa shape index (κ1) is 14.1. The first-order valence-electron chi connectivity index (χ1n) is 7.23. The molecule has 0 N–H and O–H groups in total. The lowest BCUT2D eigenvalue weighted by molar-refractivity contribution is -0.111. The number of para-hydroxylation sites is 2. The number of rotatable bonds is 2. The summed E-state index contributed by atoms with van der Waals surface area (Å²) in [5, 5.41) is 6.36. The Morgan fingerprint density at radius 3 is 2.61 bits per heavy atom. The zero-order valence-electron chi connectivity index (χ0n) is 12.4. The van der Waals surface area contributed by atoms with Crippen LogP contribution in [-0.4, -0.2) is 21.2 Å². The summed E-state index contributed by atoms with van der Waals surface area (Å²) in [4.78, 5) is 16.8. The number of halogens is 1. The van der Waals surface area contributed by atoms with Crippen LogP contribution in [0.2, 0.25) is 0 Å². The first-order chi connectivity index (χ1) is 11.1. The highest BCUT2D eigenvalue weighted by molar-refractivity contribution is 9.10. The Morgan fingerprint density at radius 2 is 1.87 bits per heavy atom. The van der Waals surface area contributed by atoms with Crippen molar-refractivity contribution in [2.45, 2.75) is 13.5 Å². The number of hydrogen-bond donors (Lipinski definition) is 0. The molecule has 0 fully saturated rings. The van der Waals surface area contributed by atoms with Gasteiger partial charge in [0.25, 0.3) is 0 Å². The molecule has 114 valence electrons. The van der Waals surface area contributed by atoms with Crippen LogP contribution in [0.4, 0.5) is 5.69 Å². The van der Waals surface area contributed by atoms with Crippen LogP contribution in [0.5, 0.6) is 0 Å². The number of imidazole rings is 1. The van der Waals surface area contributed by atoms with Crippen molar-refractivity contribution < 1.29 is 4.79 Å². The zero-order valence-corrected chi connectivity index (χ0v) is 14.0. The Morgan fingerprint density at radius 1 is 1.13 bits per heavy atom. The summed E-state index contributed by atoms with van der Waals surface area (Å²) in [6.45, 7) is 2.05. The van der Waals surface area contributed by atoms with E-state index in [1.54, 1.807) is 0 Å². The number of aromatic nitrogens is 2. The number of carbonyl (C=O) groups is 1. The lowest BCUT2D eigenvalue weighted by Gasteiger charge is -2.25. The molecule has 0 aliphatic carbocycles. The Bertz CT molecular complexity index is 943. The van der Waals surface area contributed by atoms with Gasteiger partial charge in [0.15, 0.2) is 5.78 Å². The van der Waals surface area contributed by atoms with E-state index in [9.17, 15) is 4.79 Å². The fraction of sp³-hybridized carbons (Fsp3) is 0.118. The molecule has 0 amide bonds. The highest BCUT2D eigenvalue weighted by atomic mass is 79.9. The van der Waals surface area contributed by atoms with Crippen molar-refractivity contribution in [3.8, 4) is 0 Å². The summed E-state index contributed by atoms with van der Waals surface area (Å²) in [6.07, 6.45) is 0. The van der Waals surface area contributed by atoms with Crippen molar-refractivity contribution in [1.82, 2.24) is 9.55 Å². The molecule has 1 aromatic heterocycles. The van der Waals surface area contributed by atoms with E-state index < -0.39 is 0 Å². The molecule has 5 nitrogen and oxygen atoms in total. The van der Waals surface area contributed by atoms with Crippen molar-refractivity contribution in [2.75, 3.05) is 5.01 Å². The van der Waals surface area contributed by atoms with E-state index >= 15 is 0 Å². The van der Waals surface area contributed by atoms with Crippen LogP contribution in [-0.2, 0) is 11.3 Å². The van der Waals surface area contributed by atoms with E-state index in [0.29, 0.717) is 12.4 Å². The number of nitrogens with zero attached hydrogens (tertiary/aromatic N) is 4. The molecule has 0 bridgehead atoms. The van der Waals surface area contributed by atoms with Gasteiger partial charge in [-0.3, -0.25) is 14.4 Å². The monoisotopic (exact) mass is 368 g/mol. The van der Waals surface area contributed by atoms with Gasteiger partial charge in [-0.1, -0.05) is 28.1 Å². The third kappa shape index (κ3) is 2.35. The van der Waals surface area contributed by atoms with Gasteiger partial charge in [0, 0.05) is 11.4 Å². The summed E-state index contributed by atoms with van der Waals surface area (Å²) in [5.41, 5.74) is 2.70. The zero-order chi connectivity index (χ0) is 16.0. The number of benzene rings is 2. The molecular formula is C17H13BrN4O. The van der Waals surface area contributed by atoms with Gasteiger partial charge >= 0.3 is 0 Å². The van der Waals surface area contributed by atoms with Crippen LogP contribution in [0, 0.1) is 0 Å². The lowest BCUT2D eigenvalue weighted by Crippen LogP contribution is -2.34. The standard InChI is InChI=1S/C17H13BrN4O/c1-11(23)17-20-21(13-8-6-12(18)7-9-13)10-16-19-14-4-2-3-5-15(14)22(16)17/h2-9H,10H2,1H3. The van der Waals surface area contributed by atoms with Crippen LogP contribution in [0.25, 0.3) is 11.0 Å². The van der Waals surface area contributed by atoms with Crippen LogP contribution in [0.15, 0.2) is 58.1 Å². The largest absolute Gasteiger partial charge is 0.291 e. The second-order valence-electron chi connectivity index (χ2n) is 5.37. The van der Waals surface area contributed by atoms with Crippen LogP contribution in [0.3, 0.4) is 0 Å². The van der Waals surface area contributed by atoms with E-state index in [0.717, 1.165) is 27.0 Å². The predicted octanol–water partition coefficient (Wildman–Crippen LogP) is 3.57. The fourth-order valence-corrected chi connectivity index (χ4v) is 3.00. The minimum Gasteiger partial charge on any atom is -0.291 e. The maximum Gasteiger partial charge on any atom is 0.202 e. The van der Waals surface area contributed by atoms with E-state index in [1.165, 1.54) is 6.92 Å². The molecule has 2 aromatic carbocycles. The smallest absolute Gasteiger partial charge is 0.202 e. The Hall–Kier alpha value is -2.47. The minimum absolute atomic E-state index is 0.0868. The second kappa shape index (κ2) is 5.31. The van der Waals surface area contributed by atoms with E-state index in [4.69, 9.17) is 0 Å². The molecule has 2 heterocycles. The van der Waals surface area contributed by atoms with Crippen molar-refractivity contribution in [1.29, 1.82) is 0 Å². The molecule has 0 unspecified atom stereocenters. The number of hydrogen-bond acceptors (Lipinski definition) is 4. The van der Waals surface area contributed by atoms with Gasteiger partial charge < -0.3 is 0 Å². The lowest BCUT2D eigenvalue weighted by atomic mass is 10.3. The summed E-state index contributed by atoms with van der Waals surface area (Å²) in [5.74, 6) is 1.12. The molecule has 1 aliphatic heterocycles. The van der Waals surface area contributed by atoms with Crippen molar-refractivity contribution in [3.05, 3.63) is 58.8 Å². The van der Waals surface area contributed by atoms with Gasteiger partial charge in [-0.25, -0.2) is 4.98 Å². The third-order valence-corrected chi connectivity index (χ3v) is 4.32. The molecule has 0 atom stereocenters. The molecule has 6 heteroatoms. The van der Waals surface area contributed by atoms with Crippen LogP contribution >= 0.6 is 15.9 Å². The molecule has 0 radical (unpaired) electrons. The molecule has 0 spiro atoms. The average Bonchev–Trinajstić information content (AvgIpc) is 2.93. The molecule has 3 aromatic rings. The van der Waals surface area contributed by atoms with Crippen molar-refractivity contribution in [2.24, 2.45) is 5.10 Å². The van der Waals surface area contributed by atoms with Gasteiger partial charge in [0.2, 0.25) is 5.84 Å². The first-order valence-corrected chi connectivity index (χ1v) is 8.02. The summed E-state index contributed by atoms with van der Waals surface area (Å²) >= 11 is 3.43. The molecule has 23 heavy (non-hydrogen) atoms. The summed E-state index contributed by atoms with van der Waals surface area (Å²) in [7, 11) is 0. The quantitative estimate of drug-likeness (QED) is 0.694. The van der Waals surface area contributed by atoms with Crippen molar-refractivity contribution in [3.63, 3.8) is 0 Å². The predicted molar refractivity (Wildman–Crippen MR) is 93.6 cm³/mol. The topological polar surface area (TPSA) is 50.5 Å². The van der Waals surface area contributed by atoms with Gasteiger partial charge in [0.05, 0.1) is 16.7 Å². The number of carbonyl (C=O) groups excluding carboxylic acids is 1. The summed E-state index contributed by atoms with van der Waals surface area (Å²) < 4.78 is 2.86. The fourth-order valence-electron chi connectivity index (χ4n) is 2.74. The highest BCUT2D eigenvalue weighted by Crippen LogP contribution is 2.26. The number of ketones is 1. The minimum atomic E-state index is -0.0868. The van der Waals surface area contributed by atoms with Gasteiger partial charge in [-0.2, -0.15) is 0 Å². The van der Waals surface area contributed by atoms with Crippen molar-refractivity contribution >= 4 is 44.3 Å². The van der Waals surface area contributed by atoms with E-state index in [1.807, 2.05) is 58.1 Å². The maximum atomic E-state index is 12.1. The Balaban J connectivity index is 1.88. The van der Waals surface area contributed by atoms with Crippen LogP contribution < -0.4 is 5.01 Å². The highest BCUT2D eigenvalue weighted by Gasteiger charge is 2.25. The number of hydrazone groups is 1. The van der Waals surface area contributed by atoms with Gasteiger partial charge in [-0.15, -0.1) is 5.10 Å². The third-order valence-electron chi connectivity index (χ3n) is 3.79. The number of anilines is 1. The number of Topliss-reactive ketones (excluding diaryl/α,β-unsaturated/α-hetero) is 1. The van der Waals surface area contributed by atoms with Gasteiger partial charge in [-0.05, 0) is 36.4 Å². The van der Waals surface area contributed by atoms with Crippen LogP contribution in [0.1, 0.15) is 12.7 Å². The average molecular weight is 369 g/mol. The molecule has 4 rings (SSSR count). The second-order valence-corrected chi connectivity index (χ2v) is 6.28.